The maximum absolute atomic E-state index is 11.4. The summed E-state index contributed by atoms with van der Waals surface area (Å²) in [7, 11) is 1.60. The van der Waals surface area contributed by atoms with Crippen molar-refractivity contribution in [2.75, 3.05) is 12.4 Å². The zero-order valence-electron chi connectivity index (χ0n) is 11.7. The Bertz CT molecular complexity index is 634. The van der Waals surface area contributed by atoms with E-state index >= 15 is 0 Å². The first-order valence-corrected chi connectivity index (χ1v) is 6.55. The quantitative estimate of drug-likeness (QED) is 0.781. The van der Waals surface area contributed by atoms with E-state index in [9.17, 15) is 9.59 Å². The van der Waals surface area contributed by atoms with E-state index in [1.165, 1.54) is 0 Å². The van der Waals surface area contributed by atoms with Crippen molar-refractivity contribution >= 4 is 17.5 Å². The first kappa shape index (κ1) is 14.6. The molecule has 0 aromatic heterocycles. The van der Waals surface area contributed by atoms with Crippen molar-refractivity contribution in [3.8, 4) is 0 Å². The van der Waals surface area contributed by atoms with Gasteiger partial charge in [0.05, 0.1) is 0 Å². The van der Waals surface area contributed by atoms with E-state index in [1.54, 1.807) is 43.4 Å². The van der Waals surface area contributed by atoms with Gasteiger partial charge >= 0.3 is 0 Å². The van der Waals surface area contributed by atoms with E-state index in [-0.39, 0.29) is 5.91 Å². The van der Waals surface area contributed by atoms with Crippen molar-refractivity contribution in [3.63, 3.8) is 0 Å². The lowest BCUT2D eigenvalue weighted by Crippen LogP contribution is -2.17. The number of nitrogens with one attached hydrogen (secondary N) is 2. The molecule has 0 unspecified atom stereocenters. The third kappa shape index (κ3) is 3.82. The SMILES string of the molecule is CNC(=O)c1ccc(CNc2ccc(C(N)=O)cc2)cc1. The third-order valence-electron chi connectivity index (χ3n) is 3.11. The van der Waals surface area contributed by atoms with Crippen molar-refractivity contribution < 1.29 is 9.59 Å². The molecule has 0 radical (unpaired) electrons. The topological polar surface area (TPSA) is 84.2 Å². The van der Waals surface area contributed by atoms with Crippen LogP contribution in [0, 0.1) is 0 Å². The molecule has 0 aliphatic carbocycles. The van der Waals surface area contributed by atoms with Gasteiger partial charge in [-0.1, -0.05) is 12.1 Å². The van der Waals surface area contributed by atoms with Gasteiger partial charge in [0.15, 0.2) is 0 Å². The Morgan fingerprint density at radius 3 is 2.05 bits per heavy atom. The highest BCUT2D eigenvalue weighted by atomic mass is 16.1. The highest BCUT2D eigenvalue weighted by Crippen LogP contribution is 2.11. The van der Waals surface area contributed by atoms with E-state index in [0.29, 0.717) is 17.7 Å². The van der Waals surface area contributed by atoms with Crippen molar-refractivity contribution in [1.29, 1.82) is 0 Å². The van der Waals surface area contributed by atoms with Gasteiger partial charge in [0, 0.05) is 30.4 Å². The predicted octanol–water partition coefficient (Wildman–Crippen LogP) is 1.76. The fourth-order valence-corrected chi connectivity index (χ4v) is 1.87. The van der Waals surface area contributed by atoms with Crippen LogP contribution in [0.15, 0.2) is 48.5 Å². The first-order chi connectivity index (χ1) is 10.1. The van der Waals surface area contributed by atoms with Crippen molar-refractivity contribution in [1.82, 2.24) is 5.32 Å². The third-order valence-corrected chi connectivity index (χ3v) is 3.11. The van der Waals surface area contributed by atoms with E-state index in [1.807, 2.05) is 12.1 Å². The second-order valence-electron chi connectivity index (χ2n) is 4.57. The number of anilines is 1. The minimum absolute atomic E-state index is 0.100. The summed E-state index contributed by atoms with van der Waals surface area (Å²) < 4.78 is 0. The van der Waals surface area contributed by atoms with Gasteiger partial charge in [0.25, 0.3) is 5.91 Å². The van der Waals surface area contributed by atoms with Crippen LogP contribution in [0.3, 0.4) is 0 Å². The minimum atomic E-state index is -0.439. The van der Waals surface area contributed by atoms with E-state index in [2.05, 4.69) is 10.6 Å². The summed E-state index contributed by atoms with van der Waals surface area (Å²) in [5.41, 5.74) is 8.26. The van der Waals surface area contributed by atoms with E-state index < -0.39 is 5.91 Å². The summed E-state index contributed by atoms with van der Waals surface area (Å²) in [4.78, 5) is 22.4. The van der Waals surface area contributed by atoms with Crippen LogP contribution in [-0.4, -0.2) is 18.9 Å². The zero-order chi connectivity index (χ0) is 15.2. The molecule has 5 heteroatoms. The van der Waals surface area contributed by atoms with Gasteiger partial charge in [-0.2, -0.15) is 0 Å². The van der Waals surface area contributed by atoms with E-state index in [4.69, 9.17) is 5.73 Å². The summed E-state index contributed by atoms with van der Waals surface area (Å²) in [6.07, 6.45) is 0. The van der Waals surface area contributed by atoms with Gasteiger partial charge in [0.1, 0.15) is 0 Å². The molecule has 0 fully saturated rings. The second-order valence-corrected chi connectivity index (χ2v) is 4.57. The predicted molar refractivity (Wildman–Crippen MR) is 82.1 cm³/mol. The molecular weight excluding hydrogens is 266 g/mol. The number of benzene rings is 2. The molecule has 21 heavy (non-hydrogen) atoms. The molecule has 0 heterocycles. The van der Waals surface area contributed by atoms with Gasteiger partial charge in [-0.15, -0.1) is 0 Å². The van der Waals surface area contributed by atoms with E-state index in [0.717, 1.165) is 11.3 Å². The lowest BCUT2D eigenvalue weighted by Gasteiger charge is -2.08. The van der Waals surface area contributed by atoms with Crippen LogP contribution in [0.2, 0.25) is 0 Å². The van der Waals surface area contributed by atoms with Crippen LogP contribution in [0.25, 0.3) is 0 Å². The van der Waals surface area contributed by atoms with Gasteiger partial charge in [-0.25, -0.2) is 0 Å². The Morgan fingerprint density at radius 1 is 0.952 bits per heavy atom. The molecule has 4 N–H and O–H groups in total. The molecule has 0 bridgehead atoms. The van der Waals surface area contributed by atoms with Crippen LogP contribution in [0.1, 0.15) is 26.3 Å². The number of nitrogens with two attached hydrogens (primary N) is 1. The molecule has 2 rings (SSSR count). The summed E-state index contributed by atoms with van der Waals surface area (Å²) in [5, 5.41) is 5.82. The van der Waals surface area contributed by atoms with Crippen molar-refractivity contribution in [2.45, 2.75) is 6.54 Å². The molecule has 2 amide bonds. The van der Waals surface area contributed by atoms with Gasteiger partial charge in [-0.05, 0) is 42.0 Å². The summed E-state index contributed by atoms with van der Waals surface area (Å²) in [5.74, 6) is -0.539. The van der Waals surface area contributed by atoms with Crippen LogP contribution in [0.4, 0.5) is 5.69 Å². The number of carbonyl (C=O) groups is 2. The molecule has 2 aromatic rings. The molecule has 0 spiro atoms. The summed E-state index contributed by atoms with van der Waals surface area (Å²) in [6.45, 7) is 0.629. The Morgan fingerprint density at radius 2 is 1.52 bits per heavy atom. The second kappa shape index (κ2) is 6.56. The van der Waals surface area contributed by atoms with Gasteiger partial charge < -0.3 is 16.4 Å². The summed E-state index contributed by atoms with van der Waals surface area (Å²) >= 11 is 0. The number of amides is 2. The lowest BCUT2D eigenvalue weighted by molar-refractivity contribution is 0.0961. The Hall–Kier alpha value is -2.82. The maximum atomic E-state index is 11.4. The number of primary amides is 1. The average Bonchev–Trinajstić information content (AvgIpc) is 2.53. The maximum Gasteiger partial charge on any atom is 0.251 e. The minimum Gasteiger partial charge on any atom is -0.381 e. The van der Waals surface area contributed by atoms with Gasteiger partial charge in [0.2, 0.25) is 5.91 Å². The van der Waals surface area contributed by atoms with Crippen LogP contribution < -0.4 is 16.4 Å². The Labute approximate surface area is 123 Å². The number of rotatable bonds is 5. The number of hydrogen-bond acceptors (Lipinski definition) is 3. The molecule has 0 aliphatic heterocycles. The molecule has 5 nitrogen and oxygen atoms in total. The standard InChI is InChI=1S/C16H17N3O2/c1-18-16(21)13-4-2-11(3-5-13)10-19-14-8-6-12(7-9-14)15(17)20/h2-9,19H,10H2,1H3,(H2,17,20)(H,18,21). The first-order valence-electron chi connectivity index (χ1n) is 6.55. The highest BCUT2D eigenvalue weighted by molar-refractivity contribution is 5.94. The fraction of sp³-hybridized carbons (Fsp3) is 0.125. The van der Waals surface area contributed by atoms with Gasteiger partial charge in [-0.3, -0.25) is 9.59 Å². The normalized spacial score (nSPS) is 9.95. The Balaban J connectivity index is 1.96. The highest BCUT2D eigenvalue weighted by Gasteiger charge is 2.03. The summed E-state index contributed by atoms with van der Waals surface area (Å²) in [6, 6.07) is 14.3. The zero-order valence-corrected chi connectivity index (χ0v) is 11.7. The number of hydrogen-bond donors (Lipinski definition) is 3. The fourth-order valence-electron chi connectivity index (χ4n) is 1.87. The molecule has 0 atom stereocenters. The van der Waals surface area contributed by atoms with Crippen LogP contribution in [-0.2, 0) is 6.54 Å². The molecule has 0 saturated carbocycles. The monoisotopic (exact) mass is 283 g/mol. The molecule has 2 aromatic carbocycles. The molecule has 0 aliphatic rings. The smallest absolute Gasteiger partial charge is 0.251 e. The van der Waals surface area contributed by atoms with Crippen LogP contribution in [0.5, 0.6) is 0 Å². The van der Waals surface area contributed by atoms with Crippen molar-refractivity contribution in [3.05, 3.63) is 65.2 Å². The average molecular weight is 283 g/mol. The van der Waals surface area contributed by atoms with Crippen LogP contribution >= 0.6 is 0 Å². The lowest BCUT2D eigenvalue weighted by atomic mass is 10.1. The van der Waals surface area contributed by atoms with Crippen molar-refractivity contribution in [2.24, 2.45) is 5.73 Å². The molecule has 108 valence electrons. The Kier molecular flexibility index (Phi) is 4.56. The molecular formula is C16H17N3O2. The molecule has 0 saturated heterocycles. The largest absolute Gasteiger partial charge is 0.381 e. The number of carbonyl (C=O) groups excluding carboxylic acids is 2.